The van der Waals surface area contributed by atoms with Crippen molar-refractivity contribution in [3.8, 4) is 0 Å². The van der Waals surface area contributed by atoms with Crippen LogP contribution in [-0.2, 0) is 10.8 Å². The van der Waals surface area contributed by atoms with Gasteiger partial charge in [-0.2, -0.15) is 0 Å². The fraction of sp³-hybridized carbons (Fsp3) is 0.381. The third kappa shape index (κ3) is 4.99. The quantitative estimate of drug-likeness (QED) is 0.378. The van der Waals surface area contributed by atoms with Crippen molar-refractivity contribution in [1.29, 1.82) is 0 Å². The zero-order valence-corrected chi connectivity index (χ0v) is 15.8. The molecule has 0 aliphatic carbocycles. The van der Waals surface area contributed by atoms with E-state index in [9.17, 15) is 10.1 Å². The highest BCUT2D eigenvalue weighted by atomic mass is 16.6. The summed E-state index contributed by atoms with van der Waals surface area (Å²) >= 11 is 0. The molecule has 0 fully saturated rings. The molecule has 1 heterocycles. The van der Waals surface area contributed by atoms with Gasteiger partial charge in [0, 0.05) is 24.3 Å². The van der Waals surface area contributed by atoms with E-state index in [0.29, 0.717) is 0 Å². The molecule has 0 aliphatic rings. The lowest BCUT2D eigenvalue weighted by Crippen LogP contribution is -2.16. The van der Waals surface area contributed by atoms with Crippen LogP contribution in [0.2, 0.25) is 0 Å². The van der Waals surface area contributed by atoms with Crippen LogP contribution in [-0.4, -0.2) is 4.92 Å². The summed E-state index contributed by atoms with van der Waals surface area (Å²) in [4.78, 5) is 10.3. The van der Waals surface area contributed by atoms with Gasteiger partial charge in [0.25, 0.3) is 5.69 Å². The fourth-order valence-corrected chi connectivity index (χ4v) is 2.26. The van der Waals surface area contributed by atoms with Crippen molar-refractivity contribution >= 4 is 17.8 Å². The Bertz CT molecular complexity index is 759. The number of hydrogen-bond acceptors (Lipinski definition) is 2. The molecule has 1 aromatic carbocycles. The predicted molar refractivity (Wildman–Crippen MR) is 103 cm³/mol. The lowest BCUT2D eigenvalue weighted by Gasteiger charge is -2.14. The third-order valence-electron chi connectivity index (χ3n) is 3.87. The lowest BCUT2D eigenvalue weighted by molar-refractivity contribution is -0.384. The van der Waals surface area contributed by atoms with E-state index in [1.807, 2.05) is 12.2 Å². The zero-order valence-electron chi connectivity index (χ0n) is 15.8. The highest BCUT2D eigenvalue weighted by Gasteiger charge is 2.33. The maximum absolute atomic E-state index is 10.7. The molecular weight excluding hydrogens is 314 g/mol. The van der Waals surface area contributed by atoms with Crippen LogP contribution < -0.4 is 0 Å². The van der Waals surface area contributed by atoms with Crippen LogP contribution in [0.4, 0.5) is 5.69 Å². The molecule has 0 unspecified atom stereocenters. The second-order valence-corrected chi connectivity index (χ2v) is 8.30. The standard InChI is InChI=1S/C21H26NO3/c1-20(2,3)18-13-16(14-19(25-18)21(4,5)6)8-7-15-9-11-17(12-10-15)22(23)24/h7-14H,1-6H3/q+1. The van der Waals surface area contributed by atoms with E-state index < -0.39 is 4.92 Å². The number of benzene rings is 1. The maximum Gasteiger partial charge on any atom is 0.335 e. The van der Waals surface area contributed by atoms with Gasteiger partial charge >= 0.3 is 11.5 Å². The molecule has 0 saturated heterocycles. The molecule has 0 bridgehead atoms. The second kappa shape index (κ2) is 6.79. The van der Waals surface area contributed by atoms with Gasteiger partial charge in [-0.25, -0.2) is 4.42 Å². The number of nitro benzene ring substituents is 1. The summed E-state index contributed by atoms with van der Waals surface area (Å²) in [6.45, 7) is 12.8. The molecule has 0 atom stereocenters. The normalized spacial score (nSPS) is 12.6. The summed E-state index contributed by atoms with van der Waals surface area (Å²) in [5, 5.41) is 10.7. The Hall–Kier alpha value is -2.49. The van der Waals surface area contributed by atoms with Gasteiger partial charge in [0.2, 0.25) is 0 Å². The van der Waals surface area contributed by atoms with Gasteiger partial charge in [0.1, 0.15) is 0 Å². The summed E-state index contributed by atoms with van der Waals surface area (Å²) in [6.07, 6.45) is 3.97. The summed E-state index contributed by atoms with van der Waals surface area (Å²) in [5.41, 5.74) is 1.90. The van der Waals surface area contributed by atoms with Crippen LogP contribution in [0.1, 0.15) is 64.2 Å². The SMILES string of the molecule is CC(C)(C)c1cc(C=Cc2ccc([N+](=O)[O-])cc2)cc(C(C)(C)C)[o+]1. The molecule has 0 N–H and O–H groups in total. The Morgan fingerprint density at radius 1 is 0.840 bits per heavy atom. The van der Waals surface area contributed by atoms with E-state index in [4.69, 9.17) is 4.42 Å². The monoisotopic (exact) mass is 340 g/mol. The Labute approximate surface area is 149 Å². The first-order chi connectivity index (χ1) is 11.5. The van der Waals surface area contributed by atoms with Crippen molar-refractivity contribution in [2.75, 3.05) is 0 Å². The average molecular weight is 340 g/mol. The minimum Gasteiger partial charge on any atom is -0.258 e. The van der Waals surface area contributed by atoms with Crippen molar-refractivity contribution in [3.05, 3.63) is 69.2 Å². The minimum atomic E-state index is -0.391. The molecule has 4 nitrogen and oxygen atoms in total. The van der Waals surface area contributed by atoms with Gasteiger partial charge in [0.05, 0.1) is 15.8 Å². The Balaban J connectivity index is 2.39. The molecule has 0 spiro atoms. The van der Waals surface area contributed by atoms with E-state index >= 15 is 0 Å². The Morgan fingerprint density at radius 2 is 1.28 bits per heavy atom. The maximum atomic E-state index is 10.7. The van der Waals surface area contributed by atoms with Gasteiger partial charge in [-0.1, -0.05) is 12.2 Å². The summed E-state index contributed by atoms with van der Waals surface area (Å²) in [6, 6.07) is 10.6. The van der Waals surface area contributed by atoms with E-state index in [2.05, 4.69) is 53.7 Å². The van der Waals surface area contributed by atoms with Crippen molar-refractivity contribution in [2.24, 2.45) is 0 Å². The largest absolute Gasteiger partial charge is 0.335 e. The predicted octanol–water partition coefficient (Wildman–Crippen LogP) is 6.23. The molecule has 0 amide bonds. The molecule has 25 heavy (non-hydrogen) atoms. The topological polar surface area (TPSA) is 54.4 Å². The van der Waals surface area contributed by atoms with E-state index in [0.717, 1.165) is 22.6 Å². The van der Waals surface area contributed by atoms with Crippen molar-refractivity contribution in [2.45, 2.75) is 52.4 Å². The first-order valence-corrected chi connectivity index (χ1v) is 8.38. The van der Waals surface area contributed by atoms with Gasteiger partial charge in [-0.3, -0.25) is 10.1 Å². The highest BCUT2D eigenvalue weighted by Crippen LogP contribution is 2.31. The number of nitro groups is 1. The van der Waals surface area contributed by atoms with Crippen molar-refractivity contribution < 1.29 is 9.34 Å². The Morgan fingerprint density at radius 3 is 1.68 bits per heavy atom. The van der Waals surface area contributed by atoms with Crippen LogP contribution in [0, 0.1) is 10.1 Å². The first-order valence-electron chi connectivity index (χ1n) is 8.38. The molecule has 2 aromatic rings. The van der Waals surface area contributed by atoms with Crippen LogP contribution >= 0.6 is 0 Å². The number of non-ortho nitro benzene ring substituents is 1. The number of rotatable bonds is 3. The fourth-order valence-electron chi connectivity index (χ4n) is 2.26. The molecule has 0 radical (unpaired) electrons. The van der Waals surface area contributed by atoms with Crippen molar-refractivity contribution in [3.63, 3.8) is 0 Å². The Kier molecular flexibility index (Phi) is 5.12. The first kappa shape index (κ1) is 18.8. The minimum absolute atomic E-state index is 0.0861. The molecule has 0 aliphatic heterocycles. The van der Waals surface area contributed by atoms with Crippen molar-refractivity contribution in [1.82, 2.24) is 0 Å². The second-order valence-electron chi connectivity index (χ2n) is 8.30. The zero-order chi connectivity index (χ0) is 18.8. The number of nitrogens with zero attached hydrogens (tertiary/aromatic N) is 1. The van der Waals surface area contributed by atoms with E-state index in [-0.39, 0.29) is 16.5 Å². The van der Waals surface area contributed by atoms with Crippen LogP contribution in [0.5, 0.6) is 0 Å². The van der Waals surface area contributed by atoms with E-state index in [1.165, 1.54) is 12.1 Å². The van der Waals surface area contributed by atoms with Gasteiger partial charge < -0.3 is 0 Å². The summed E-state index contributed by atoms with van der Waals surface area (Å²) in [5.74, 6) is 1.87. The smallest absolute Gasteiger partial charge is 0.258 e. The lowest BCUT2D eigenvalue weighted by atomic mass is 9.88. The highest BCUT2D eigenvalue weighted by molar-refractivity contribution is 5.70. The molecule has 2 rings (SSSR count). The number of hydrogen-bond donors (Lipinski definition) is 0. The van der Waals surface area contributed by atoms with E-state index in [1.54, 1.807) is 12.1 Å². The molecule has 1 aromatic heterocycles. The van der Waals surface area contributed by atoms with Crippen LogP contribution in [0.3, 0.4) is 0 Å². The molecule has 4 heteroatoms. The third-order valence-corrected chi connectivity index (χ3v) is 3.87. The molecule has 132 valence electrons. The van der Waals surface area contributed by atoms with Gasteiger partial charge in [-0.05, 0) is 64.8 Å². The van der Waals surface area contributed by atoms with Gasteiger partial charge in [0.15, 0.2) is 0 Å². The van der Waals surface area contributed by atoms with Crippen LogP contribution in [0.15, 0.2) is 40.8 Å². The molecular formula is C21H26NO3+. The van der Waals surface area contributed by atoms with Crippen LogP contribution in [0.25, 0.3) is 12.2 Å². The van der Waals surface area contributed by atoms with Gasteiger partial charge in [-0.15, -0.1) is 0 Å². The molecule has 0 saturated carbocycles. The average Bonchev–Trinajstić information content (AvgIpc) is 2.51. The summed E-state index contributed by atoms with van der Waals surface area (Å²) < 4.78 is 6.13. The summed E-state index contributed by atoms with van der Waals surface area (Å²) in [7, 11) is 0.